The zero-order valence-corrected chi connectivity index (χ0v) is 21.0. The van der Waals surface area contributed by atoms with Crippen LogP contribution in [0.5, 0.6) is 0 Å². The van der Waals surface area contributed by atoms with Crippen LogP contribution in [0, 0.1) is 0 Å². The molecule has 2 fully saturated rings. The van der Waals surface area contributed by atoms with Gasteiger partial charge < -0.3 is 19.3 Å². The van der Waals surface area contributed by atoms with Crippen LogP contribution in [0.15, 0.2) is 12.1 Å². The third-order valence-electron chi connectivity index (χ3n) is 5.81. The van der Waals surface area contributed by atoms with Crippen molar-refractivity contribution in [3.05, 3.63) is 21.3 Å². The Labute approximate surface area is 202 Å². The van der Waals surface area contributed by atoms with Crippen molar-refractivity contribution >= 4 is 50.7 Å². The molecule has 3 rings (SSSR count). The van der Waals surface area contributed by atoms with Crippen molar-refractivity contribution in [2.75, 3.05) is 52.3 Å². The maximum Gasteiger partial charge on any atom is 0.321 e. The summed E-state index contributed by atoms with van der Waals surface area (Å²) in [4.78, 5) is 41.9. The van der Waals surface area contributed by atoms with Gasteiger partial charge in [0.15, 0.2) is 0 Å². The van der Waals surface area contributed by atoms with E-state index in [1.54, 1.807) is 24.0 Å². The van der Waals surface area contributed by atoms with Gasteiger partial charge in [-0.15, -0.1) is 11.3 Å². The lowest BCUT2D eigenvalue weighted by Gasteiger charge is -2.33. The molecule has 10 nitrogen and oxygen atoms in total. The molecule has 2 aliphatic heterocycles. The molecular weight excluding hydrogens is 494 g/mol. The number of ether oxygens (including phenoxy) is 2. The highest BCUT2D eigenvalue weighted by molar-refractivity contribution is 7.89. The molecule has 2 amide bonds. The van der Waals surface area contributed by atoms with Gasteiger partial charge >= 0.3 is 5.97 Å². The van der Waals surface area contributed by atoms with Gasteiger partial charge in [-0.25, -0.2) is 8.42 Å². The largest absolute Gasteiger partial charge is 0.468 e. The third-order valence-corrected chi connectivity index (χ3v) is 8.92. The first-order valence-electron chi connectivity index (χ1n) is 10.6. The number of sulfonamides is 1. The van der Waals surface area contributed by atoms with Crippen LogP contribution < -0.4 is 0 Å². The minimum Gasteiger partial charge on any atom is -0.468 e. The summed E-state index contributed by atoms with van der Waals surface area (Å²) in [6.07, 6.45) is 0.383. The molecule has 0 unspecified atom stereocenters. The maximum absolute atomic E-state index is 13.2. The summed E-state index contributed by atoms with van der Waals surface area (Å²) in [5, 5.41) is 0. The van der Waals surface area contributed by atoms with Crippen LogP contribution in [0.1, 0.15) is 18.2 Å². The molecule has 2 atom stereocenters. The molecule has 0 radical (unpaired) electrons. The summed E-state index contributed by atoms with van der Waals surface area (Å²) in [5.41, 5.74) is 0. The van der Waals surface area contributed by atoms with Gasteiger partial charge in [0.1, 0.15) is 18.6 Å². The lowest BCUT2D eigenvalue weighted by Crippen LogP contribution is -2.53. The fourth-order valence-corrected chi connectivity index (χ4v) is 6.76. The number of carbonyl (C=O) groups is 3. The number of nitrogens with zero attached hydrogens (tertiary/aromatic N) is 3. The van der Waals surface area contributed by atoms with E-state index in [2.05, 4.69) is 4.74 Å². The number of hydrogen-bond donors (Lipinski definition) is 0. The first-order chi connectivity index (χ1) is 15.6. The molecule has 2 aliphatic rings. The van der Waals surface area contributed by atoms with Gasteiger partial charge in [0, 0.05) is 24.5 Å². The molecule has 184 valence electrons. The highest BCUT2D eigenvalue weighted by Crippen LogP contribution is 2.26. The van der Waals surface area contributed by atoms with Crippen LogP contribution in [0.25, 0.3) is 0 Å². The topological polar surface area (TPSA) is 114 Å². The van der Waals surface area contributed by atoms with Crippen LogP contribution in [0.3, 0.4) is 0 Å². The second-order valence-electron chi connectivity index (χ2n) is 7.84. The molecule has 2 saturated heterocycles. The van der Waals surface area contributed by atoms with Crippen LogP contribution in [0.2, 0.25) is 4.34 Å². The van der Waals surface area contributed by atoms with Crippen molar-refractivity contribution in [2.24, 2.45) is 0 Å². The second kappa shape index (κ2) is 11.1. The Kier molecular flexibility index (Phi) is 8.73. The lowest BCUT2D eigenvalue weighted by atomic mass is 10.2. The predicted molar refractivity (Wildman–Crippen MR) is 123 cm³/mol. The molecule has 0 bridgehead atoms. The Morgan fingerprint density at radius 2 is 2.00 bits per heavy atom. The smallest absolute Gasteiger partial charge is 0.321 e. The number of esters is 1. The van der Waals surface area contributed by atoms with E-state index in [0.717, 1.165) is 16.3 Å². The van der Waals surface area contributed by atoms with E-state index in [4.69, 9.17) is 16.3 Å². The van der Waals surface area contributed by atoms with Gasteiger partial charge in [-0.2, -0.15) is 4.31 Å². The van der Waals surface area contributed by atoms with E-state index in [0.29, 0.717) is 30.6 Å². The van der Waals surface area contributed by atoms with E-state index < -0.39 is 40.5 Å². The summed E-state index contributed by atoms with van der Waals surface area (Å²) in [5.74, 6) is -1.74. The van der Waals surface area contributed by atoms with E-state index in [1.165, 1.54) is 16.2 Å². The summed E-state index contributed by atoms with van der Waals surface area (Å²) >= 11 is 7.20. The van der Waals surface area contributed by atoms with E-state index in [-0.39, 0.29) is 31.0 Å². The van der Waals surface area contributed by atoms with Crippen molar-refractivity contribution in [1.29, 1.82) is 0 Å². The fraction of sp³-hybridized carbons (Fsp3) is 0.650. The zero-order valence-electron chi connectivity index (χ0n) is 18.6. The molecule has 1 aromatic heterocycles. The first-order valence-corrected chi connectivity index (χ1v) is 13.4. The molecular formula is C20H28ClN3O7S2. The summed E-state index contributed by atoms with van der Waals surface area (Å²) in [7, 11) is -2.83. The molecule has 0 aliphatic carbocycles. The van der Waals surface area contributed by atoms with Crippen molar-refractivity contribution in [2.45, 2.75) is 31.8 Å². The van der Waals surface area contributed by atoms with E-state index in [9.17, 15) is 22.8 Å². The zero-order chi connectivity index (χ0) is 24.2. The average molecular weight is 522 g/mol. The van der Waals surface area contributed by atoms with Crippen LogP contribution in [-0.4, -0.2) is 105 Å². The Morgan fingerprint density at radius 1 is 1.30 bits per heavy atom. The molecule has 0 spiro atoms. The third kappa shape index (κ3) is 6.24. The molecule has 3 heterocycles. The number of likely N-dealkylation sites (tertiary alicyclic amines) is 1. The fourth-order valence-electron chi connectivity index (χ4n) is 3.95. The number of morpholine rings is 1. The van der Waals surface area contributed by atoms with Crippen molar-refractivity contribution < 1.29 is 32.3 Å². The number of rotatable bonds is 9. The minimum atomic E-state index is -3.99. The van der Waals surface area contributed by atoms with Gasteiger partial charge in [0.25, 0.3) is 0 Å². The Balaban J connectivity index is 1.74. The number of halogens is 1. The number of amides is 2. The normalized spacial score (nSPS) is 20.4. The van der Waals surface area contributed by atoms with Crippen molar-refractivity contribution in [3.63, 3.8) is 0 Å². The first kappa shape index (κ1) is 25.9. The number of methoxy groups -OCH3 is 1. The quantitative estimate of drug-likeness (QED) is 0.437. The predicted octanol–water partition coefficient (Wildman–Crippen LogP) is 0.597. The van der Waals surface area contributed by atoms with Crippen LogP contribution >= 0.6 is 22.9 Å². The molecule has 0 saturated carbocycles. The summed E-state index contributed by atoms with van der Waals surface area (Å²) < 4.78 is 37.8. The number of aryl methyl sites for hydroxylation is 1. The minimum absolute atomic E-state index is 0.181. The van der Waals surface area contributed by atoms with Gasteiger partial charge in [-0.05, 0) is 31.9 Å². The van der Waals surface area contributed by atoms with E-state index >= 15 is 0 Å². The standard InChI is InChI=1S/C20H28ClN3O7S2/c1-14(19(26)22-8-10-31-11-9-22)23-7-5-16(20(23)27)24(13-18(25)30-2)33(28,29)12-6-15-3-4-17(21)32-15/h3-4,14,16H,5-13H2,1-2H3/t14-,16-/m0/s1. The summed E-state index contributed by atoms with van der Waals surface area (Å²) in [6, 6.07) is 1.62. The SMILES string of the molecule is COC(=O)CN([C@H]1CCN([C@@H](C)C(=O)N2CCOCC2)C1=O)S(=O)(=O)CCc1ccc(Cl)s1. The molecule has 0 N–H and O–H groups in total. The molecule has 1 aromatic rings. The van der Waals surface area contributed by atoms with E-state index in [1.807, 2.05) is 0 Å². The number of hydrogen-bond acceptors (Lipinski definition) is 8. The van der Waals surface area contributed by atoms with Gasteiger partial charge in [-0.3, -0.25) is 14.4 Å². The molecule has 33 heavy (non-hydrogen) atoms. The highest BCUT2D eigenvalue weighted by atomic mass is 35.5. The number of thiophene rings is 1. The Bertz CT molecular complexity index is 978. The molecule has 0 aromatic carbocycles. The van der Waals surface area contributed by atoms with Crippen LogP contribution in [-0.2, 0) is 40.3 Å². The lowest BCUT2D eigenvalue weighted by molar-refractivity contribution is -0.147. The van der Waals surface area contributed by atoms with Gasteiger partial charge in [0.05, 0.1) is 30.4 Å². The highest BCUT2D eigenvalue weighted by Gasteiger charge is 2.45. The Hall–Kier alpha value is -1.73. The average Bonchev–Trinajstić information content (AvgIpc) is 3.40. The van der Waals surface area contributed by atoms with Crippen molar-refractivity contribution in [1.82, 2.24) is 14.1 Å². The Morgan fingerprint density at radius 3 is 2.61 bits per heavy atom. The molecule has 13 heteroatoms. The number of carbonyl (C=O) groups excluding carboxylic acids is 3. The maximum atomic E-state index is 13.2. The monoisotopic (exact) mass is 521 g/mol. The van der Waals surface area contributed by atoms with Gasteiger partial charge in [0.2, 0.25) is 21.8 Å². The second-order valence-corrected chi connectivity index (χ2v) is 11.7. The summed E-state index contributed by atoms with van der Waals surface area (Å²) in [6.45, 7) is 3.06. The van der Waals surface area contributed by atoms with Gasteiger partial charge in [-0.1, -0.05) is 11.6 Å². The van der Waals surface area contributed by atoms with Crippen molar-refractivity contribution in [3.8, 4) is 0 Å². The van der Waals surface area contributed by atoms with Crippen LogP contribution in [0.4, 0.5) is 0 Å².